The summed E-state index contributed by atoms with van der Waals surface area (Å²) in [6.07, 6.45) is 3.26. The molecule has 0 bridgehead atoms. The first-order valence-corrected chi connectivity index (χ1v) is 11.5. The van der Waals surface area contributed by atoms with E-state index < -0.39 is 36.1 Å². The van der Waals surface area contributed by atoms with Crippen molar-refractivity contribution in [1.29, 1.82) is 0 Å². The molecule has 1 saturated heterocycles. The maximum absolute atomic E-state index is 13.0. The lowest BCUT2D eigenvalue weighted by molar-refractivity contribution is -0.141. The third-order valence-electron chi connectivity index (χ3n) is 5.78. The van der Waals surface area contributed by atoms with Gasteiger partial charge >= 0.3 is 6.09 Å². The number of carbonyl (C=O) groups excluding carboxylic acids is 3. The van der Waals surface area contributed by atoms with Gasteiger partial charge < -0.3 is 25.4 Å². The van der Waals surface area contributed by atoms with Crippen molar-refractivity contribution < 1.29 is 24.2 Å². The lowest BCUT2D eigenvalue weighted by atomic mass is 9.99. The average molecular weight is 448 g/mol. The number of aliphatic hydroxyl groups is 1. The summed E-state index contributed by atoms with van der Waals surface area (Å²) >= 11 is 0. The number of ether oxygens (including phenoxy) is 1. The van der Waals surface area contributed by atoms with Crippen LogP contribution in [0.15, 0.2) is 30.3 Å². The van der Waals surface area contributed by atoms with Crippen molar-refractivity contribution in [3.63, 3.8) is 0 Å². The molecule has 1 aliphatic rings. The molecule has 32 heavy (non-hydrogen) atoms. The van der Waals surface area contributed by atoms with E-state index in [4.69, 9.17) is 4.74 Å². The molecule has 1 aromatic carbocycles. The highest BCUT2D eigenvalue weighted by atomic mass is 16.5. The van der Waals surface area contributed by atoms with Crippen molar-refractivity contribution in [1.82, 2.24) is 15.5 Å². The normalized spacial score (nSPS) is 21.4. The van der Waals surface area contributed by atoms with E-state index in [1.165, 1.54) is 4.90 Å². The van der Waals surface area contributed by atoms with Crippen LogP contribution in [-0.4, -0.2) is 59.7 Å². The molecule has 0 aromatic heterocycles. The van der Waals surface area contributed by atoms with Gasteiger partial charge in [0.25, 0.3) is 5.91 Å². The van der Waals surface area contributed by atoms with E-state index in [9.17, 15) is 19.5 Å². The summed E-state index contributed by atoms with van der Waals surface area (Å²) in [5, 5.41) is 16.1. The second kappa shape index (κ2) is 13.1. The summed E-state index contributed by atoms with van der Waals surface area (Å²) in [5.41, 5.74) is 0.844. The van der Waals surface area contributed by atoms with Crippen LogP contribution in [0.25, 0.3) is 0 Å². The highest BCUT2D eigenvalue weighted by Gasteiger charge is 2.33. The van der Waals surface area contributed by atoms with E-state index in [1.54, 1.807) is 7.05 Å². The number of rotatable bonds is 6. The minimum Gasteiger partial charge on any atom is -0.445 e. The molecule has 1 fully saturated rings. The summed E-state index contributed by atoms with van der Waals surface area (Å²) < 4.78 is 5.24. The van der Waals surface area contributed by atoms with Crippen LogP contribution in [0.2, 0.25) is 0 Å². The van der Waals surface area contributed by atoms with Crippen LogP contribution in [0.4, 0.5) is 4.79 Å². The van der Waals surface area contributed by atoms with Crippen LogP contribution in [0, 0.1) is 5.92 Å². The second-order valence-corrected chi connectivity index (χ2v) is 8.80. The smallest absolute Gasteiger partial charge is 0.408 e. The van der Waals surface area contributed by atoms with Crippen LogP contribution in [0.3, 0.4) is 0 Å². The fourth-order valence-corrected chi connectivity index (χ4v) is 3.76. The Bertz CT molecular complexity index is 740. The fraction of sp³-hybridized carbons (Fsp3) is 0.625. The van der Waals surface area contributed by atoms with Gasteiger partial charge in [-0.05, 0) is 24.3 Å². The number of hydrogen-bond donors (Lipinski definition) is 3. The summed E-state index contributed by atoms with van der Waals surface area (Å²) in [6, 6.07) is 7.71. The van der Waals surface area contributed by atoms with E-state index in [2.05, 4.69) is 10.6 Å². The Morgan fingerprint density at radius 1 is 1.12 bits per heavy atom. The predicted molar refractivity (Wildman–Crippen MR) is 122 cm³/mol. The molecule has 1 heterocycles. The van der Waals surface area contributed by atoms with Gasteiger partial charge in [-0.1, -0.05) is 69.9 Å². The number of aliphatic hydroxyl groups excluding tert-OH is 1. The molecule has 1 aliphatic heterocycles. The Hall–Kier alpha value is -2.61. The van der Waals surface area contributed by atoms with Crippen molar-refractivity contribution in [2.45, 2.75) is 77.2 Å². The molecule has 3 N–H and O–H groups in total. The van der Waals surface area contributed by atoms with Gasteiger partial charge in [-0.15, -0.1) is 0 Å². The van der Waals surface area contributed by atoms with Gasteiger partial charge in [0.2, 0.25) is 5.91 Å². The number of likely N-dealkylation sites (N-methyl/N-ethyl adjacent to an activating group) is 1. The molecule has 1 unspecified atom stereocenters. The molecule has 2 rings (SSSR count). The topological polar surface area (TPSA) is 108 Å². The molecule has 3 atom stereocenters. The van der Waals surface area contributed by atoms with Crippen molar-refractivity contribution in [3.8, 4) is 0 Å². The lowest BCUT2D eigenvalue weighted by Crippen LogP contribution is -2.57. The standard InChI is InChI=1S/C24H37N3O5/c1-17(2)20(26-24(31)32-16-18-12-8-7-9-13-18)22(29)25-19-14-10-5-4-6-11-15-27(3)23(30)21(19)28/h7-9,12-13,17,19-21,28H,4-6,10-11,14-16H2,1-3H3,(H,25,29)(H,26,31)/t19-,20-,21?/m0/s1. The van der Waals surface area contributed by atoms with Crippen molar-refractivity contribution >= 4 is 17.9 Å². The molecule has 3 amide bonds. The third kappa shape index (κ3) is 8.15. The minimum absolute atomic E-state index is 0.0985. The fourth-order valence-electron chi connectivity index (χ4n) is 3.76. The largest absolute Gasteiger partial charge is 0.445 e. The van der Waals surface area contributed by atoms with Crippen molar-refractivity contribution in [2.24, 2.45) is 5.92 Å². The highest BCUT2D eigenvalue weighted by Crippen LogP contribution is 2.15. The number of amides is 3. The Kier molecular flexibility index (Phi) is 10.5. The van der Waals surface area contributed by atoms with Crippen LogP contribution >= 0.6 is 0 Å². The first-order valence-electron chi connectivity index (χ1n) is 11.5. The van der Waals surface area contributed by atoms with E-state index in [0.717, 1.165) is 37.7 Å². The zero-order valence-electron chi connectivity index (χ0n) is 19.4. The molecule has 0 radical (unpaired) electrons. The van der Waals surface area contributed by atoms with Gasteiger partial charge in [-0.25, -0.2) is 4.79 Å². The van der Waals surface area contributed by atoms with Crippen LogP contribution in [-0.2, 0) is 20.9 Å². The first kappa shape index (κ1) is 25.6. The van der Waals surface area contributed by atoms with Crippen LogP contribution < -0.4 is 10.6 Å². The predicted octanol–water partition coefficient (Wildman–Crippen LogP) is 2.60. The quantitative estimate of drug-likeness (QED) is 0.621. The van der Waals surface area contributed by atoms with Gasteiger partial charge in [0.1, 0.15) is 12.6 Å². The van der Waals surface area contributed by atoms with Crippen LogP contribution in [0.5, 0.6) is 0 Å². The van der Waals surface area contributed by atoms with E-state index in [1.807, 2.05) is 44.2 Å². The highest BCUT2D eigenvalue weighted by molar-refractivity contribution is 5.87. The molecule has 8 heteroatoms. The maximum Gasteiger partial charge on any atom is 0.408 e. The minimum atomic E-state index is -1.32. The van der Waals surface area contributed by atoms with Gasteiger partial charge in [-0.3, -0.25) is 9.59 Å². The summed E-state index contributed by atoms with van der Waals surface area (Å²) in [6.45, 7) is 4.31. The monoisotopic (exact) mass is 447 g/mol. The molecule has 8 nitrogen and oxygen atoms in total. The van der Waals surface area contributed by atoms with Crippen LogP contribution in [0.1, 0.15) is 57.9 Å². The Balaban J connectivity index is 2.00. The Morgan fingerprint density at radius 2 is 1.78 bits per heavy atom. The maximum atomic E-state index is 13.0. The number of alkyl carbamates (subject to hydrolysis) is 1. The van der Waals surface area contributed by atoms with Gasteiger partial charge in [0, 0.05) is 13.6 Å². The SMILES string of the molecule is CC(C)[C@H](NC(=O)OCc1ccccc1)C(=O)N[C@H]1CCCCCCCN(C)C(=O)C1O. The third-order valence-corrected chi connectivity index (χ3v) is 5.78. The van der Waals surface area contributed by atoms with Gasteiger partial charge in [0.05, 0.1) is 6.04 Å². The second-order valence-electron chi connectivity index (χ2n) is 8.80. The molecule has 0 aliphatic carbocycles. The zero-order valence-corrected chi connectivity index (χ0v) is 19.4. The molecule has 178 valence electrons. The number of carbonyl (C=O) groups is 3. The Labute approximate surface area is 190 Å². The van der Waals surface area contributed by atoms with E-state index in [-0.39, 0.29) is 12.5 Å². The van der Waals surface area contributed by atoms with Crippen molar-refractivity contribution in [3.05, 3.63) is 35.9 Å². The summed E-state index contributed by atoms with van der Waals surface area (Å²) in [4.78, 5) is 39.4. The molecular formula is C24H37N3O5. The molecule has 1 aromatic rings. The number of hydrogen-bond acceptors (Lipinski definition) is 5. The Morgan fingerprint density at radius 3 is 2.47 bits per heavy atom. The van der Waals surface area contributed by atoms with E-state index >= 15 is 0 Å². The van der Waals surface area contributed by atoms with Crippen molar-refractivity contribution in [2.75, 3.05) is 13.6 Å². The molecular weight excluding hydrogens is 410 g/mol. The number of benzene rings is 1. The summed E-state index contributed by atoms with van der Waals surface area (Å²) in [5.74, 6) is -1.04. The summed E-state index contributed by atoms with van der Waals surface area (Å²) in [7, 11) is 1.67. The molecule has 0 spiro atoms. The van der Waals surface area contributed by atoms with Gasteiger partial charge in [0.15, 0.2) is 6.10 Å². The van der Waals surface area contributed by atoms with E-state index in [0.29, 0.717) is 13.0 Å². The average Bonchev–Trinajstić information content (AvgIpc) is 2.80. The first-order chi connectivity index (χ1) is 15.3. The zero-order chi connectivity index (χ0) is 23.5. The number of nitrogens with one attached hydrogen (secondary N) is 2. The molecule has 0 saturated carbocycles. The lowest BCUT2D eigenvalue weighted by Gasteiger charge is -2.29. The van der Waals surface area contributed by atoms with Gasteiger partial charge in [-0.2, -0.15) is 0 Å². The number of nitrogens with zero attached hydrogens (tertiary/aromatic N) is 1.